The van der Waals surface area contributed by atoms with Crippen molar-refractivity contribution >= 4 is 5.69 Å². The molecule has 1 unspecified atom stereocenters. The minimum absolute atomic E-state index is 0.214. The molecule has 0 fully saturated rings. The Balaban J connectivity index is 2.49. The highest BCUT2D eigenvalue weighted by molar-refractivity contribution is 5.42. The van der Waals surface area contributed by atoms with E-state index in [9.17, 15) is 4.39 Å². The average Bonchev–Trinajstić information content (AvgIpc) is 2.18. The SMILES string of the molecule is CC(C)C(CN)CNc1cccc(F)c1. The van der Waals surface area contributed by atoms with Gasteiger partial charge in [0, 0.05) is 12.2 Å². The monoisotopic (exact) mass is 210 g/mol. The molecule has 1 aromatic carbocycles. The topological polar surface area (TPSA) is 38.0 Å². The summed E-state index contributed by atoms with van der Waals surface area (Å²) in [6, 6.07) is 6.49. The van der Waals surface area contributed by atoms with Gasteiger partial charge < -0.3 is 11.1 Å². The highest BCUT2D eigenvalue weighted by Crippen LogP contribution is 2.13. The van der Waals surface area contributed by atoms with Crippen molar-refractivity contribution in [3.63, 3.8) is 0 Å². The summed E-state index contributed by atoms with van der Waals surface area (Å²) in [7, 11) is 0. The number of rotatable bonds is 5. The Kier molecular flexibility index (Phi) is 4.56. The van der Waals surface area contributed by atoms with E-state index in [1.165, 1.54) is 12.1 Å². The van der Waals surface area contributed by atoms with Crippen LogP contribution in [0.2, 0.25) is 0 Å². The van der Waals surface area contributed by atoms with Crippen molar-refractivity contribution in [2.45, 2.75) is 13.8 Å². The van der Waals surface area contributed by atoms with Gasteiger partial charge in [-0.05, 0) is 36.6 Å². The van der Waals surface area contributed by atoms with E-state index in [0.29, 0.717) is 18.4 Å². The van der Waals surface area contributed by atoms with Gasteiger partial charge in [-0.25, -0.2) is 4.39 Å². The number of nitrogens with one attached hydrogen (secondary N) is 1. The fourth-order valence-electron chi connectivity index (χ4n) is 1.44. The fourth-order valence-corrected chi connectivity index (χ4v) is 1.44. The van der Waals surface area contributed by atoms with Crippen molar-refractivity contribution in [3.8, 4) is 0 Å². The lowest BCUT2D eigenvalue weighted by Crippen LogP contribution is -2.27. The lowest BCUT2D eigenvalue weighted by atomic mass is 9.96. The molecule has 0 heterocycles. The third-order valence-electron chi connectivity index (χ3n) is 2.64. The van der Waals surface area contributed by atoms with Crippen molar-refractivity contribution < 1.29 is 4.39 Å². The summed E-state index contributed by atoms with van der Waals surface area (Å²) in [5.41, 5.74) is 6.47. The first-order valence-corrected chi connectivity index (χ1v) is 5.33. The quantitative estimate of drug-likeness (QED) is 0.783. The molecule has 1 aromatic rings. The van der Waals surface area contributed by atoms with Crippen LogP contribution in [0.15, 0.2) is 24.3 Å². The van der Waals surface area contributed by atoms with Gasteiger partial charge in [0.1, 0.15) is 5.82 Å². The van der Waals surface area contributed by atoms with Gasteiger partial charge in [-0.2, -0.15) is 0 Å². The molecule has 0 bridgehead atoms. The van der Waals surface area contributed by atoms with Crippen molar-refractivity contribution in [3.05, 3.63) is 30.1 Å². The van der Waals surface area contributed by atoms with Crippen molar-refractivity contribution in [1.82, 2.24) is 0 Å². The molecule has 84 valence electrons. The van der Waals surface area contributed by atoms with Crippen molar-refractivity contribution in [1.29, 1.82) is 0 Å². The molecule has 1 atom stereocenters. The third kappa shape index (κ3) is 3.88. The van der Waals surface area contributed by atoms with Crippen LogP contribution in [0.5, 0.6) is 0 Å². The Bertz CT molecular complexity index is 299. The number of hydrogen-bond acceptors (Lipinski definition) is 2. The molecule has 0 spiro atoms. The number of anilines is 1. The van der Waals surface area contributed by atoms with Crippen LogP contribution in [-0.2, 0) is 0 Å². The Morgan fingerprint density at radius 2 is 2.13 bits per heavy atom. The third-order valence-corrected chi connectivity index (χ3v) is 2.64. The molecule has 2 nitrogen and oxygen atoms in total. The van der Waals surface area contributed by atoms with Gasteiger partial charge in [-0.1, -0.05) is 19.9 Å². The second kappa shape index (κ2) is 5.71. The molecule has 3 heteroatoms. The minimum Gasteiger partial charge on any atom is -0.385 e. The minimum atomic E-state index is -0.214. The van der Waals surface area contributed by atoms with Gasteiger partial charge in [-0.3, -0.25) is 0 Å². The highest BCUT2D eigenvalue weighted by Gasteiger charge is 2.10. The first-order valence-electron chi connectivity index (χ1n) is 5.33. The maximum atomic E-state index is 12.9. The Labute approximate surface area is 90.7 Å². The van der Waals surface area contributed by atoms with Crippen LogP contribution in [0.1, 0.15) is 13.8 Å². The maximum absolute atomic E-state index is 12.9. The van der Waals surface area contributed by atoms with Gasteiger partial charge in [0.15, 0.2) is 0 Å². The lowest BCUT2D eigenvalue weighted by molar-refractivity contribution is 0.413. The van der Waals surface area contributed by atoms with E-state index in [-0.39, 0.29) is 5.82 Å². The van der Waals surface area contributed by atoms with Crippen molar-refractivity contribution in [2.75, 3.05) is 18.4 Å². The second-order valence-corrected chi connectivity index (χ2v) is 4.13. The van der Waals surface area contributed by atoms with E-state index in [1.54, 1.807) is 6.07 Å². The Morgan fingerprint density at radius 1 is 1.40 bits per heavy atom. The summed E-state index contributed by atoms with van der Waals surface area (Å²) >= 11 is 0. The van der Waals surface area contributed by atoms with E-state index < -0.39 is 0 Å². The van der Waals surface area contributed by atoms with Crippen LogP contribution in [0.4, 0.5) is 10.1 Å². The van der Waals surface area contributed by atoms with Gasteiger partial charge in [0.05, 0.1) is 0 Å². The molecular formula is C12H19FN2. The van der Waals surface area contributed by atoms with Gasteiger partial charge >= 0.3 is 0 Å². The summed E-state index contributed by atoms with van der Waals surface area (Å²) in [5.74, 6) is 0.748. The number of halogens is 1. The second-order valence-electron chi connectivity index (χ2n) is 4.13. The van der Waals surface area contributed by atoms with E-state index in [4.69, 9.17) is 5.73 Å². The summed E-state index contributed by atoms with van der Waals surface area (Å²) in [4.78, 5) is 0. The molecule has 0 aliphatic heterocycles. The Hall–Kier alpha value is -1.09. The van der Waals surface area contributed by atoms with E-state index >= 15 is 0 Å². The smallest absolute Gasteiger partial charge is 0.125 e. The summed E-state index contributed by atoms with van der Waals surface area (Å²) < 4.78 is 12.9. The van der Waals surface area contributed by atoms with Crippen LogP contribution in [0.25, 0.3) is 0 Å². The van der Waals surface area contributed by atoms with Gasteiger partial charge in [0.2, 0.25) is 0 Å². The normalized spacial score (nSPS) is 12.9. The highest BCUT2D eigenvalue weighted by atomic mass is 19.1. The molecular weight excluding hydrogens is 191 g/mol. The van der Waals surface area contributed by atoms with Crippen LogP contribution >= 0.6 is 0 Å². The largest absolute Gasteiger partial charge is 0.385 e. The standard InChI is InChI=1S/C12H19FN2/c1-9(2)10(7-14)8-15-12-5-3-4-11(13)6-12/h3-6,9-10,15H,7-8,14H2,1-2H3. The molecule has 0 saturated carbocycles. The molecule has 15 heavy (non-hydrogen) atoms. The number of benzene rings is 1. The number of hydrogen-bond donors (Lipinski definition) is 2. The molecule has 0 aromatic heterocycles. The van der Waals surface area contributed by atoms with E-state index in [2.05, 4.69) is 19.2 Å². The molecule has 0 aliphatic rings. The Morgan fingerprint density at radius 3 is 2.67 bits per heavy atom. The summed E-state index contributed by atoms with van der Waals surface area (Å²) in [6.07, 6.45) is 0. The first kappa shape index (κ1) is 12.0. The van der Waals surface area contributed by atoms with Gasteiger partial charge in [0.25, 0.3) is 0 Å². The molecule has 0 saturated heterocycles. The molecule has 1 rings (SSSR count). The number of nitrogens with two attached hydrogens (primary N) is 1. The lowest BCUT2D eigenvalue weighted by Gasteiger charge is -2.19. The fraction of sp³-hybridized carbons (Fsp3) is 0.500. The molecule has 3 N–H and O–H groups in total. The van der Waals surface area contributed by atoms with Crippen LogP contribution in [-0.4, -0.2) is 13.1 Å². The zero-order valence-corrected chi connectivity index (χ0v) is 9.33. The van der Waals surface area contributed by atoms with Crippen LogP contribution < -0.4 is 11.1 Å². The first-order chi connectivity index (χ1) is 7.13. The summed E-state index contributed by atoms with van der Waals surface area (Å²) in [6.45, 7) is 5.73. The van der Waals surface area contributed by atoms with E-state index in [0.717, 1.165) is 12.2 Å². The van der Waals surface area contributed by atoms with Crippen molar-refractivity contribution in [2.24, 2.45) is 17.6 Å². The maximum Gasteiger partial charge on any atom is 0.125 e. The molecule has 0 amide bonds. The van der Waals surface area contributed by atoms with E-state index in [1.807, 2.05) is 6.07 Å². The van der Waals surface area contributed by atoms with Crippen LogP contribution in [0, 0.1) is 17.7 Å². The zero-order chi connectivity index (χ0) is 11.3. The predicted octanol–water partition coefficient (Wildman–Crippen LogP) is 2.47. The van der Waals surface area contributed by atoms with Gasteiger partial charge in [-0.15, -0.1) is 0 Å². The average molecular weight is 210 g/mol. The zero-order valence-electron chi connectivity index (χ0n) is 9.33. The van der Waals surface area contributed by atoms with Crippen LogP contribution in [0.3, 0.4) is 0 Å². The molecule has 0 aliphatic carbocycles. The summed E-state index contributed by atoms with van der Waals surface area (Å²) in [5, 5.41) is 3.20. The molecule has 0 radical (unpaired) electrons. The predicted molar refractivity (Wildman–Crippen MR) is 62.3 cm³/mol.